The zero-order valence-corrected chi connectivity index (χ0v) is 16.6. The predicted octanol–water partition coefficient (Wildman–Crippen LogP) is 3.10. The van der Waals surface area contributed by atoms with Crippen LogP contribution in [-0.4, -0.2) is 45.4 Å². The van der Waals surface area contributed by atoms with Gasteiger partial charge in [-0.25, -0.2) is 0 Å². The van der Waals surface area contributed by atoms with Crippen molar-refractivity contribution < 1.29 is 9.53 Å². The molecule has 2 aromatic carbocycles. The molecule has 1 unspecified atom stereocenters. The van der Waals surface area contributed by atoms with E-state index in [1.54, 1.807) is 10.7 Å². The molecule has 0 radical (unpaired) electrons. The molecule has 1 heterocycles. The van der Waals surface area contributed by atoms with Gasteiger partial charge in [-0.05, 0) is 67.4 Å². The number of rotatable bonds is 7. The van der Waals surface area contributed by atoms with E-state index in [-0.39, 0.29) is 11.9 Å². The lowest BCUT2D eigenvalue weighted by molar-refractivity contribution is 0.0872. The van der Waals surface area contributed by atoms with Crippen LogP contribution in [0.2, 0.25) is 0 Å². The van der Waals surface area contributed by atoms with E-state index in [2.05, 4.69) is 20.8 Å². The zero-order valence-electron chi connectivity index (χ0n) is 16.6. The minimum absolute atomic E-state index is 0.0892. The summed E-state index contributed by atoms with van der Waals surface area (Å²) in [5.41, 5.74) is 4.41. The fourth-order valence-corrected chi connectivity index (χ4v) is 2.89. The number of hydrogen-bond donors (Lipinski definition) is 1. The van der Waals surface area contributed by atoms with Crippen molar-refractivity contribution in [1.82, 2.24) is 25.5 Å². The van der Waals surface area contributed by atoms with Crippen molar-refractivity contribution >= 4 is 5.91 Å². The number of benzene rings is 2. The van der Waals surface area contributed by atoms with Crippen molar-refractivity contribution in [1.29, 1.82) is 0 Å². The third-order valence-corrected chi connectivity index (χ3v) is 4.38. The topological polar surface area (TPSA) is 81.9 Å². The van der Waals surface area contributed by atoms with Crippen molar-refractivity contribution in [3.63, 3.8) is 0 Å². The molecule has 0 fully saturated rings. The first-order valence-corrected chi connectivity index (χ1v) is 9.34. The first-order chi connectivity index (χ1) is 13.5. The standard InChI is InChI=1S/C21H25N5O2/c1-5-28-13-15(3)22-21(27)19-10-18(17-8-6-14(2)7-9-17)11-20(12-19)26-16(4)23-24-25-26/h6-12,15H,5,13H2,1-4H3,(H,22,27). The summed E-state index contributed by atoms with van der Waals surface area (Å²) in [5.74, 6) is 0.491. The third kappa shape index (κ3) is 4.61. The summed E-state index contributed by atoms with van der Waals surface area (Å²) in [6, 6.07) is 13.8. The fraction of sp³-hybridized carbons (Fsp3) is 0.333. The Kier molecular flexibility index (Phi) is 6.16. The van der Waals surface area contributed by atoms with Crippen LogP contribution in [0, 0.1) is 13.8 Å². The SMILES string of the molecule is CCOCC(C)NC(=O)c1cc(-c2ccc(C)cc2)cc(-n2nnnc2C)c1. The van der Waals surface area contributed by atoms with E-state index in [0.717, 1.165) is 16.8 Å². The predicted molar refractivity (Wildman–Crippen MR) is 107 cm³/mol. The summed E-state index contributed by atoms with van der Waals surface area (Å²) in [4.78, 5) is 12.8. The molecule has 0 saturated carbocycles. The number of aryl methyl sites for hydroxylation is 2. The van der Waals surface area contributed by atoms with E-state index in [0.29, 0.717) is 24.6 Å². The number of carbonyl (C=O) groups excluding carboxylic acids is 1. The van der Waals surface area contributed by atoms with Crippen molar-refractivity contribution in [2.45, 2.75) is 33.7 Å². The van der Waals surface area contributed by atoms with Crippen LogP contribution in [0.3, 0.4) is 0 Å². The molecule has 7 heteroatoms. The van der Waals surface area contributed by atoms with Gasteiger partial charge in [-0.3, -0.25) is 4.79 Å². The maximum absolute atomic E-state index is 12.8. The van der Waals surface area contributed by atoms with Crippen molar-refractivity contribution in [3.8, 4) is 16.8 Å². The summed E-state index contributed by atoms with van der Waals surface area (Å²) >= 11 is 0. The molecule has 3 aromatic rings. The van der Waals surface area contributed by atoms with E-state index in [1.807, 2.05) is 64.1 Å². The van der Waals surface area contributed by atoms with E-state index >= 15 is 0 Å². The maximum atomic E-state index is 12.8. The third-order valence-electron chi connectivity index (χ3n) is 4.38. The van der Waals surface area contributed by atoms with Gasteiger partial charge >= 0.3 is 0 Å². The number of nitrogens with zero attached hydrogens (tertiary/aromatic N) is 4. The van der Waals surface area contributed by atoms with Gasteiger partial charge in [0.05, 0.1) is 12.3 Å². The summed E-state index contributed by atoms with van der Waals surface area (Å²) < 4.78 is 7.01. The van der Waals surface area contributed by atoms with Gasteiger partial charge in [0.1, 0.15) is 0 Å². The highest BCUT2D eigenvalue weighted by atomic mass is 16.5. The largest absolute Gasteiger partial charge is 0.380 e. The molecule has 0 spiro atoms. The molecule has 1 atom stereocenters. The zero-order chi connectivity index (χ0) is 20.1. The highest BCUT2D eigenvalue weighted by Crippen LogP contribution is 2.25. The van der Waals surface area contributed by atoms with Crippen LogP contribution in [0.15, 0.2) is 42.5 Å². The Hall–Kier alpha value is -3.06. The normalized spacial score (nSPS) is 12.0. The van der Waals surface area contributed by atoms with Gasteiger partial charge in [-0.2, -0.15) is 4.68 Å². The number of tetrazole rings is 1. The molecule has 1 aromatic heterocycles. The second kappa shape index (κ2) is 8.75. The van der Waals surface area contributed by atoms with E-state index in [9.17, 15) is 4.79 Å². The summed E-state index contributed by atoms with van der Waals surface area (Å²) in [6.07, 6.45) is 0. The van der Waals surface area contributed by atoms with Crippen LogP contribution >= 0.6 is 0 Å². The van der Waals surface area contributed by atoms with Crippen LogP contribution < -0.4 is 5.32 Å². The highest BCUT2D eigenvalue weighted by Gasteiger charge is 2.15. The monoisotopic (exact) mass is 379 g/mol. The Morgan fingerprint density at radius 1 is 1.14 bits per heavy atom. The number of hydrogen-bond acceptors (Lipinski definition) is 5. The number of aromatic nitrogens is 4. The molecule has 0 aliphatic rings. The van der Waals surface area contributed by atoms with Gasteiger partial charge in [-0.1, -0.05) is 29.8 Å². The molecule has 0 saturated heterocycles. The maximum Gasteiger partial charge on any atom is 0.251 e. The van der Waals surface area contributed by atoms with Crippen molar-refractivity contribution in [3.05, 3.63) is 59.4 Å². The van der Waals surface area contributed by atoms with Crippen LogP contribution in [0.4, 0.5) is 0 Å². The first-order valence-electron chi connectivity index (χ1n) is 9.34. The summed E-state index contributed by atoms with van der Waals surface area (Å²) in [7, 11) is 0. The Bertz CT molecular complexity index is 950. The van der Waals surface area contributed by atoms with Crippen LogP contribution in [0.1, 0.15) is 35.6 Å². The Balaban J connectivity index is 1.99. The van der Waals surface area contributed by atoms with Gasteiger partial charge in [-0.15, -0.1) is 5.10 Å². The molecule has 0 aliphatic heterocycles. The molecule has 0 aliphatic carbocycles. The number of nitrogens with one attached hydrogen (secondary N) is 1. The average molecular weight is 379 g/mol. The van der Waals surface area contributed by atoms with Gasteiger partial charge < -0.3 is 10.1 Å². The molecule has 3 rings (SSSR count). The molecular weight excluding hydrogens is 354 g/mol. The molecule has 146 valence electrons. The smallest absolute Gasteiger partial charge is 0.251 e. The lowest BCUT2D eigenvalue weighted by atomic mass is 10.0. The molecule has 1 amide bonds. The number of carbonyl (C=O) groups is 1. The van der Waals surface area contributed by atoms with Crippen LogP contribution in [-0.2, 0) is 4.74 Å². The Morgan fingerprint density at radius 2 is 1.89 bits per heavy atom. The molecular formula is C21H25N5O2. The lowest BCUT2D eigenvalue weighted by Crippen LogP contribution is -2.36. The minimum Gasteiger partial charge on any atom is -0.380 e. The van der Waals surface area contributed by atoms with Gasteiger partial charge in [0, 0.05) is 18.2 Å². The van der Waals surface area contributed by atoms with Crippen LogP contribution in [0.25, 0.3) is 16.8 Å². The van der Waals surface area contributed by atoms with Gasteiger partial charge in [0.2, 0.25) is 0 Å². The van der Waals surface area contributed by atoms with Crippen LogP contribution in [0.5, 0.6) is 0 Å². The molecule has 1 N–H and O–H groups in total. The minimum atomic E-state index is -0.159. The highest BCUT2D eigenvalue weighted by molar-refractivity contribution is 5.96. The molecule has 28 heavy (non-hydrogen) atoms. The Labute approximate surface area is 164 Å². The van der Waals surface area contributed by atoms with Crippen molar-refractivity contribution in [2.75, 3.05) is 13.2 Å². The average Bonchev–Trinajstić information content (AvgIpc) is 3.12. The molecule has 0 bridgehead atoms. The fourth-order valence-electron chi connectivity index (χ4n) is 2.89. The van der Waals surface area contributed by atoms with Crippen molar-refractivity contribution in [2.24, 2.45) is 0 Å². The first kappa shape index (κ1) is 19.7. The quantitative estimate of drug-likeness (QED) is 0.682. The van der Waals surface area contributed by atoms with Gasteiger partial charge in [0.25, 0.3) is 5.91 Å². The lowest BCUT2D eigenvalue weighted by Gasteiger charge is -2.15. The summed E-state index contributed by atoms with van der Waals surface area (Å²) in [5, 5.41) is 14.7. The molecule has 7 nitrogen and oxygen atoms in total. The van der Waals surface area contributed by atoms with E-state index < -0.39 is 0 Å². The number of amides is 1. The van der Waals surface area contributed by atoms with E-state index in [4.69, 9.17) is 4.74 Å². The number of ether oxygens (including phenoxy) is 1. The van der Waals surface area contributed by atoms with E-state index in [1.165, 1.54) is 5.56 Å². The second-order valence-corrected chi connectivity index (χ2v) is 6.81. The summed E-state index contributed by atoms with van der Waals surface area (Å²) in [6.45, 7) is 8.81. The van der Waals surface area contributed by atoms with Gasteiger partial charge in [0.15, 0.2) is 5.82 Å². The second-order valence-electron chi connectivity index (χ2n) is 6.81. The Morgan fingerprint density at radius 3 is 2.54 bits per heavy atom.